The van der Waals surface area contributed by atoms with Crippen LogP contribution in [0.25, 0.3) is 28.2 Å². The molecule has 0 spiro atoms. The number of amides is 1. The Morgan fingerprint density at radius 1 is 1.00 bits per heavy atom. The smallest absolute Gasteiger partial charge is 0.282 e. The Labute approximate surface area is 221 Å². The van der Waals surface area contributed by atoms with Gasteiger partial charge in [-0.3, -0.25) is 14.0 Å². The molecule has 2 aromatic heterocycles. The molecule has 4 aromatic rings. The van der Waals surface area contributed by atoms with E-state index in [0.29, 0.717) is 23.4 Å². The first-order valence-corrected chi connectivity index (χ1v) is 12.3. The number of piperazine rings is 1. The second-order valence-electron chi connectivity index (χ2n) is 8.99. The van der Waals surface area contributed by atoms with Gasteiger partial charge in [0, 0.05) is 50.7 Å². The number of hydrogen-bond acceptors (Lipinski definition) is 6. The largest absolute Gasteiger partial charge is 0.336 e. The van der Waals surface area contributed by atoms with E-state index in [4.69, 9.17) is 5.73 Å². The number of H-pyrrole nitrogens is 1. The number of nitrogens with one attached hydrogen (secondary N) is 3. The summed E-state index contributed by atoms with van der Waals surface area (Å²) in [5.41, 5.74) is 10.2. The van der Waals surface area contributed by atoms with Gasteiger partial charge in [-0.05, 0) is 48.3 Å². The summed E-state index contributed by atoms with van der Waals surface area (Å²) in [6.45, 7) is 5.40. The van der Waals surface area contributed by atoms with Crippen molar-refractivity contribution < 1.29 is 4.79 Å². The Morgan fingerprint density at radius 2 is 1.70 bits per heavy atom. The fourth-order valence-electron chi connectivity index (χ4n) is 4.40. The molecule has 0 radical (unpaired) electrons. The molecule has 1 aliphatic rings. The van der Waals surface area contributed by atoms with Crippen molar-refractivity contribution in [1.82, 2.24) is 29.9 Å². The lowest BCUT2D eigenvalue weighted by molar-refractivity contribution is 0.0736. The average Bonchev–Trinajstić information content (AvgIpc) is 3.34. The molecule has 1 amide bonds. The number of halogens is 1. The van der Waals surface area contributed by atoms with Crippen molar-refractivity contribution in [2.75, 3.05) is 39.3 Å². The summed E-state index contributed by atoms with van der Waals surface area (Å²) >= 11 is 0. The summed E-state index contributed by atoms with van der Waals surface area (Å²) < 4.78 is 1.83. The van der Waals surface area contributed by atoms with Crippen molar-refractivity contribution in [3.8, 4) is 22.4 Å². The molecule has 37 heavy (non-hydrogen) atoms. The summed E-state index contributed by atoms with van der Waals surface area (Å²) in [7, 11) is 0. The zero-order chi connectivity index (χ0) is 24.9. The minimum atomic E-state index is -0.283. The zero-order valence-electron chi connectivity index (χ0n) is 20.6. The lowest BCUT2D eigenvalue weighted by Gasteiger charge is -2.27. The molecule has 9 nitrogen and oxygen atoms in total. The number of nitrogens with two attached hydrogens (primary N) is 1. The third-order valence-electron chi connectivity index (χ3n) is 6.46. The van der Waals surface area contributed by atoms with Gasteiger partial charge in [0.15, 0.2) is 0 Å². The highest BCUT2D eigenvalue weighted by Gasteiger charge is 2.18. The van der Waals surface area contributed by atoms with Crippen LogP contribution in [0.1, 0.15) is 22.3 Å². The number of aromatic nitrogens is 3. The molecular formula is C27H32ClN7O2. The first-order chi connectivity index (χ1) is 17.6. The number of benzene rings is 2. The second-order valence-corrected chi connectivity index (χ2v) is 8.99. The Balaban J connectivity index is 0.00000320. The molecule has 0 atom stereocenters. The van der Waals surface area contributed by atoms with E-state index >= 15 is 0 Å². The van der Waals surface area contributed by atoms with Gasteiger partial charge in [-0.1, -0.05) is 36.4 Å². The van der Waals surface area contributed by atoms with Gasteiger partial charge in [-0.25, -0.2) is 0 Å². The van der Waals surface area contributed by atoms with Crippen LogP contribution < -0.4 is 21.9 Å². The Bertz CT molecular complexity index is 1390. The number of nitrogens with zero attached hydrogens (tertiary/aromatic N) is 3. The van der Waals surface area contributed by atoms with Crippen LogP contribution in [0.5, 0.6) is 0 Å². The fraction of sp³-hybridized carbons (Fsp3) is 0.296. The molecule has 5 N–H and O–H groups in total. The molecule has 1 saturated heterocycles. The van der Waals surface area contributed by atoms with E-state index in [1.54, 1.807) is 0 Å². The van der Waals surface area contributed by atoms with Crippen molar-refractivity contribution in [3.05, 3.63) is 82.4 Å². The van der Waals surface area contributed by atoms with E-state index in [1.807, 2.05) is 70.2 Å². The number of imidazole rings is 1. The van der Waals surface area contributed by atoms with Crippen LogP contribution in [0.15, 0.2) is 65.7 Å². The summed E-state index contributed by atoms with van der Waals surface area (Å²) in [5.74, 6) is 0.522. The molecule has 0 unspecified atom stereocenters. The zero-order valence-corrected chi connectivity index (χ0v) is 21.4. The van der Waals surface area contributed by atoms with Gasteiger partial charge in [0.05, 0.1) is 11.3 Å². The summed E-state index contributed by atoms with van der Waals surface area (Å²) in [6, 6.07) is 15.5. The van der Waals surface area contributed by atoms with E-state index in [9.17, 15) is 9.59 Å². The molecule has 5 rings (SSSR count). The SMILES string of the molecule is Cl.NCCCNCc1ccc(-c2cn3cc(-c4ccc(C(=O)N5CCNCC5)cc4)[nH]c3nc2=O)cc1. The first-order valence-electron chi connectivity index (χ1n) is 12.3. The highest BCUT2D eigenvalue weighted by molar-refractivity contribution is 5.94. The molecule has 0 aliphatic carbocycles. The number of hydrogen-bond donors (Lipinski definition) is 4. The molecule has 2 aromatic carbocycles. The van der Waals surface area contributed by atoms with E-state index in [-0.39, 0.29) is 23.9 Å². The average molecular weight is 522 g/mol. The number of aromatic amines is 1. The highest BCUT2D eigenvalue weighted by Crippen LogP contribution is 2.22. The van der Waals surface area contributed by atoms with Crippen LogP contribution in [0.3, 0.4) is 0 Å². The Kier molecular flexibility index (Phi) is 8.73. The molecule has 1 aliphatic heterocycles. The van der Waals surface area contributed by atoms with Gasteiger partial charge in [-0.2, -0.15) is 4.98 Å². The fourth-order valence-corrected chi connectivity index (χ4v) is 4.40. The van der Waals surface area contributed by atoms with Crippen molar-refractivity contribution >= 4 is 24.1 Å². The van der Waals surface area contributed by atoms with Gasteiger partial charge in [0.2, 0.25) is 5.78 Å². The minimum absolute atomic E-state index is 0. The second kappa shape index (κ2) is 12.2. The predicted molar refractivity (Wildman–Crippen MR) is 148 cm³/mol. The maximum atomic E-state index is 12.8. The minimum Gasteiger partial charge on any atom is -0.336 e. The molecular weight excluding hydrogens is 490 g/mol. The number of rotatable bonds is 8. The van der Waals surface area contributed by atoms with Crippen LogP contribution in [0, 0.1) is 0 Å². The maximum Gasteiger partial charge on any atom is 0.282 e. The van der Waals surface area contributed by atoms with Crippen molar-refractivity contribution in [2.24, 2.45) is 5.73 Å². The monoisotopic (exact) mass is 521 g/mol. The summed E-state index contributed by atoms with van der Waals surface area (Å²) in [4.78, 5) is 34.8. The molecule has 194 valence electrons. The lowest BCUT2D eigenvalue weighted by Crippen LogP contribution is -2.46. The third kappa shape index (κ3) is 6.08. The van der Waals surface area contributed by atoms with Gasteiger partial charge in [0.1, 0.15) is 0 Å². The van der Waals surface area contributed by atoms with Crippen molar-refractivity contribution in [3.63, 3.8) is 0 Å². The molecule has 10 heteroatoms. The number of carbonyl (C=O) groups is 1. The Hall–Kier alpha value is -3.50. The molecule has 1 fully saturated rings. The number of fused-ring (bicyclic) bond motifs is 1. The van der Waals surface area contributed by atoms with E-state index in [2.05, 4.69) is 20.6 Å². The van der Waals surface area contributed by atoms with Crippen LogP contribution >= 0.6 is 12.4 Å². The molecule has 0 bridgehead atoms. The first kappa shape index (κ1) is 26.6. The van der Waals surface area contributed by atoms with Crippen LogP contribution in [0.4, 0.5) is 0 Å². The normalized spacial score (nSPS) is 13.5. The van der Waals surface area contributed by atoms with Crippen molar-refractivity contribution in [2.45, 2.75) is 13.0 Å². The quantitative estimate of drug-likeness (QED) is 0.264. The van der Waals surface area contributed by atoms with E-state index in [1.165, 1.54) is 0 Å². The van der Waals surface area contributed by atoms with Gasteiger partial charge >= 0.3 is 0 Å². The molecule has 0 saturated carbocycles. The highest BCUT2D eigenvalue weighted by atomic mass is 35.5. The van der Waals surface area contributed by atoms with Crippen LogP contribution in [-0.4, -0.2) is 64.4 Å². The van der Waals surface area contributed by atoms with Gasteiger partial charge in [-0.15, -0.1) is 12.4 Å². The lowest BCUT2D eigenvalue weighted by atomic mass is 10.1. The van der Waals surface area contributed by atoms with Crippen molar-refractivity contribution in [1.29, 1.82) is 0 Å². The molecule has 3 heterocycles. The Morgan fingerprint density at radius 3 is 2.41 bits per heavy atom. The van der Waals surface area contributed by atoms with Gasteiger partial charge < -0.3 is 26.3 Å². The van der Waals surface area contributed by atoms with E-state index < -0.39 is 0 Å². The van der Waals surface area contributed by atoms with Crippen LogP contribution in [0.2, 0.25) is 0 Å². The van der Waals surface area contributed by atoms with Gasteiger partial charge in [0.25, 0.3) is 11.5 Å². The summed E-state index contributed by atoms with van der Waals surface area (Å²) in [6.07, 6.45) is 4.66. The van der Waals surface area contributed by atoms with Crippen LogP contribution in [-0.2, 0) is 6.54 Å². The maximum absolute atomic E-state index is 12.8. The predicted octanol–water partition coefficient (Wildman–Crippen LogP) is 2.26. The summed E-state index contributed by atoms with van der Waals surface area (Å²) in [5, 5.41) is 6.62. The van der Waals surface area contributed by atoms with E-state index in [0.717, 1.165) is 68.1 Å². The topological polar surface area (TPSA) is 121 Å². The third-order valence-corrected chi connectivity index (χ3v) is 6.46. The standard InChI is InChI=1S/C27H31N7O2.ClH/c28-10-1-11-30-16-19-2-4-20(5-3-19)23-17-34-18-24(31-27(34)32-25(23)35)21-6-8-22(9-7-21)26(36)33-14-12-29-13-15-33;/h2-9,17-18,29-30H,1,10-16,28H2,(H,31,32,35);1H. The number of carbonyl (C=O) groups excluding carboxylic acids is 1.